The van der Waals surface area contributed by atoms with Gasteiger partial charge in [0, 0.05) is 43.7 Å². The second-order valence-electron chi connectivity index (χ2n) is 7.44. The molecule has 5 rings (SSSR count). The van der Waals surface area contributed by atoms with E-state index in [1.165, 1.54) is 0 Å². The van der Waals surface area contributed by atoms with Crippen LogP contribution in [0.25, 0.3) is 33.9 Å². The minimum Gasteiger partial charge on any atom is -0.493 e. The normalized spacial score (nSPS) is 14.0. The molecule has 0 radical (unpaired) electrons. The van der Waals surface area contributed by atoms with Gasteiger partial charge in [-0.2, -0.15) is 0 Å². The Hall–Kier alpha value is -3.72. The van der Waals surface area contributed by atoms with E-state index < -0.39 is 0 Å². The van der Waals surface area contributed by atoms with Crippen molar-refractivity contribution < 1.29 is 14.2 Å². The molecule has 1 aliphatic heterocycles. The van der Waals surface area contributed by atoms with Crippen LogP contribution in [0.5, 0.6) is 11.5 Å². The molecule has 4 aromatic rings. The number of hydrogen-bond acceptors (Lipinski definition) is 8. The van der Waals surface area contributed by atoms with Crippen molar-refractivity contribution in [1.82, 2.24) is 24.5 Å². The summed E-state index contributed by atoms with van der Waals surface area (Å²) in [5, 5.41) is 0. The van der Waals surface area contributed by atoms with Crippen molar-refractivity contribution >= 4 is 17.0 Å². The molecular formula is C23H24N6O3. The van der Waals surface area contributed by atoms with E-state index in [-0.39, 0.29) is 0 Å². The molecule has 9 nitrogen and oxygen atoms in total. The molecule has 0 aliphatic carbocycles. The molecule has 32 heavy (non-hydrogen) atoms. The maximum absolute atomic E-state index is 5.55. The Morgan fingerprint density at radius 3 is 2.34 bits per heavy atom. The van der Waals surface area contributed by atoms with Crippen LogP contribution >= 0.6 is 0 Å². The van der Waals surface area contributed by atoms with Crippen molar-refractivity contribution in [2.45, 2.75) is 0 Å². The zero-order valence-electron chi connectivity index (χ0n) is 18.3. The first-order chi connectivity index (χ1) is 15.7. The molecule has 3 aromatic heterocycles. The lowest BCUT2D eigenvalue weighted by Gasteiger charge is -2.28. The zero-order chi connectivity index (χ0) is 22.1. The van der Waals surface area contributed by atoms with E-state index in [1.54, 1.807) is 26.6 Å². The Kier molecular flexibility index (Phi) is 5.32. The number of nitrogens with zero attached hydrogens (tertiary/aromatic N) is 6. The number of rotatable bonds is 5. The number of pyridine rings is 1. The van der Waals surface area contributed by atoms with Crippen molar-refractivity contribution in [3.05, 3.63) is 42.7 Å². The fraction of sp³-hybridized carbons (Fsp3) is 0.304. The summed E-state index contributed by atoms with van der Waals surface area (Å²) in [6.07, 6.45) is 3.52. The van der Waals surface area contributed by atoms with Gasteiger partial charge in [-0.1, -0.05) is 0 Å². The molecule has 0 N–H and O–H groups in total. The van der Waals surface area contributed by atoms with E-state index in [1.807, 2.05) is 41.9 Å². The third-order valence-corrected chi connectivity index (χ3v) is 5.59. The molecule has 1 fully saturated rings. The summed E-state index contributed by atoms with van der Waals surface area (Å²) in [7, 11) is 5.21. The van der Waals surface area contributed by atoms with Crippen molar-refractivity contribution in [1.29, 1.82) is 0 Å². The van der Waals surface area contributed by atoms with Crippen LogP contribution in [0.1, 0.15) is 0 Å². The average molecular weight is 432 g/mol. The summed E-state index contributed by atoms with van der Waals surface area (Å²) in [6.45, 7) is 2.81. The van der Waals surface area contributed by atoms with Crippen LogP contribution in [0, 0.1) is 0 Å². The Labute approximate surface area is 185 Å². The van der Waals surface area contributed by atoms with Gasteiger partial charge in [-0.25, -0.2) is 15.0 Å². The van der Waals surface area contributed by atoms with Crippen molar-refractivity contribution in [3.8, 4) is 34.3 Å². The number of aryl methyl sites for hydroxylation is 1. The van der Waals surface area contributed by atoms with Crippen LogP contribution in [0.2, 0.25) is 0 Å². The lowest BCUT2D eigenvalue weighted by molar-refractivity contribution is 0.122. The minimum atomic E-state index is 0.601. The number of benzene rings is 1. The first-order valence-corrected chi connectivity index (χ1v) is 10.4. The minimum absolute atomic E-state index is 0.601. The van der Waals surface area contributed by atoms with Gasteiger partial charge in [0.05, 0.1) is 27.4 Å². The molecule has 0 bridgehead atoms. The third-order valence-electron chi connectivity index (χ3n) is 5.59. The first-order valence-electron chi connectivity index (χ1n) is 10.4. The van der Waals surface area contributed by atoms with Gasteiger partial charge in [0.2, 0.25) is 0 Å². The van der Waals surface area contributed by atoms with E-state index in [9.17, 15) is 0 Å². The molecule has 0 unspecified atom stereocenters. The van der Waals surface area contributed by atoms with Gasteiger partial charge in [0.15, 0.2) is 34.3 Å². The monoisotopic (exact) mass is 432 g/mol. The van der Waals surface area contributed by atoms with Crippen molar-refractivity contribution in [3.63, 3.8) is 0 Å². The number of imidazole rings is 1. The number of aromatic nitrogens is 5. The molecule has 0 amide bonds. The van der Waals surface area contributed by atoms with Crippen LogP contribution in [0.3, 0.4) is 0 Å². The van der Waals surface area contributed by atoms with E-state index in [0.29, 0.717) is 30.5 Å². The highest BCUT2D eigenvalue weighted by Gasteiger charge is 2.23. The van der Waals surface area contributed by atoms with E-state index in [2.05, 4.69) is 9.88 Å². The summed E-state index contributed by atoms with van der Waals surface area (Å²) in [4.78, 5) is 21.1. The smallest absolute Gasteiger partial charge is 0.166 e. The van der Waals surface area contributed by atoms with Crippen LogP contribution in [-0.4, -0.2) is 65.0 Å². The lowest BCUT2D eigenvalue weighted by atomic mass is 10.2. The molecule has 1 saturated heterocycles. The number of fused-ring (bicyclic) bond motifs is 1. The van der Waals surface area contributed by atoms with Crippen molar-refractivity contribution in [2.75, 3.05) is 45.4 Å². The van der Waals surface area contributed by atoms with Gasteiger partial charge >= 0.3 is 0 Å². The Bertz CT molecular complexity index is 1250. The molecule has 0 spiro atoms. The van der Waals surface area contributed by atoms with E-state index in [4.69, 9.17) is 29.2 Å². The summed E-state index contributed by atoms with van der Waals surface area (Å²) in [5.74, 6) is 3.51. The summed E-state index contributed by atoms with van der Waals surface area (Å²) in [6, 6.07) is 9.58. The highest BCUT2D eigenvalue weighted by molar-refractivity contribution is 5.89. The number of anilines is 1. The molecular weight excluding hydrogens is 408 g/mol. The van der Waals surface area contributed by atoms with E-state index in [0.717, 1.165) is 47.0 Å². The van der Waals surface area contributed by atoms with E-state index >= 15 is 0 Å². The highest BCUT2D eigenvalue weighted by atomic mass is 16.5. The summed E-state index contributed by atoms with van der Waals surface area (Å²) >= 11 is 0. The second kappa shape index (κ2) is 8.43. The number of methoxy groups -OCH3 is 2. The zero-order valence-corrected chi connectivity index (χ0v) is 18.3. The lowest BCUT2D eigenvalue weighted by Crippen LogP contribution is -2.37. The Morgan fingerprint density at radius 2 is 1.62 bits per heavy atom. The SMILES string of the molecule is COc1ccc(-c2nc(N3CCOCC3)c3nc(-c4ccncc4)n(C)c3n2)cc1OC. The van der Waals surface area contributed by atoms with Gasteiger partial charge in [0.1, 0.15) is 5.82 Å². The molecule has 164 valence electrons. The topological polar surface area (TPSA) is 87.4 Å². The van der Waals surface area contributed by atoms with Gasteiger partial charge < -0.3 is 23.7 Å². The Morgan fingerprint density at radius 1 is 0.875 bits per heavy atom. The molecule has 4 heterocycles. The molecule has 0 saturated carbocycles. The predicted molar refractivity (Wildman–Crippen MR) is 121 cm³/mol. The van der Waals surface area contributed by atoms with Crippen LogP contribution in [0.15, 0.2) is 42.7 Å². The van der Waals surface area contributed by atoms with Crippen molar-refractivity contribution in [2.24, 2.45) is 7.05 Å². The largest absolute Gasteiger partial charge is 0.493 e. The standard InChI is InChI=1S/C23H24N6O3/c1-28-21(15-6-8-24-9-7-15)25-19-22(28)26-20(27-23(19)29-10-12-32-13-11-29)16-4-5-17(30-2)18(14-16)31-3/h4-9,14H,10-13H2,1-3H3. The maximum Gasteiger partial charge on any atom is 0.166 e. The molecule has 9 heteroatoms. The third kappa shape index (κ3) is 3.50. The van der Waals surface area contributed by atoms with Gasteiger partial charge in [0.25, 0.3) is 0 Å². The van der Waals surface area contributed by atoms with Crippen LogP contribution in [-0.2, 0) is 11.8 Å². The fourth-order valence-corrected chi connectivity index (χ4v) is 3.91. The quantitative estimate of drug-likeness (QED) is 0.476. The van der Waals surface area contributed by atoms with Gasteiger partial charge in [-0.3, -0.25) is 4.98 Å². The number of ether oxygens (including phenoxy) is 3. The maximum atomic E-state index is 5.55. The number of morpholine rings is 1. The van der Waals surface area contributed by atoms with Crippen LogP contribution < -0.4 is 14.4 Å². The second-order valence-corrected chi connectivity index (χ2v) is 7.44. The molecule has 0 atom stereocenters. The summed E-state index contributed by atoms with van der Waals surface area (Å²) in [5.41, 5.74) is 3.34. The first kappa shape index (κ1) is 20.2. The van der Waals surface area contributed by atoms with Gasteiger partial charge in [-0.15, -0.1) is 0 Å². The number of hydrogen-bond donors (Lipinski definition) is 0. The van der Waals surface area contributed by atoms with Crippen LogP contribution in [0.4, 0.5) is 5.82 Å². The van der Waals surface area contributed by atoms with Gasteiger partial charge in [-0.05, 0) is 30.3 Å². The average Bonchev–Trinajstić information content (AvgIpc) is 3.20. The summed E-state index contributed by atoms with van der Waals surface area (Å²) < 4.78 is 18.4. The molecule has 1 aromatic carbocycles. The Balaban J connectivity index is 1.72. The molecule has 1 aliphatic rings. The predicted octanol–water partition coefficient (Wildman–Crippen LogP) is 2.95. The fourth-order valence-electron chi connectivity index (χ4n) is 3.91. The highest BCUT2D eigenvalue weighted by Crippen LogP contribution is 2.34.